The molecule has 1 aromatic heterocycles. The second-order valence-electron chi connectivity index (χ2n) is 5.28. The number of benzene rings is 1. The maximum atomic E-state index is 14.6. The molecule has 128 valence electrons. The summed E-state index contributed by atoms with van der Waals surface area (Å²) in [4.78, 5) is 23.7. The summed E-state index contributed by atoms with van der Waals surface area (Å²) >= 11 is -0.604. The van der Waals surface area contributed by atoms with E-state index in [1.807, 2.05) is 0 Å². The first kappa shape index (κ1) is 16.8. The number of ether oxygens (including phenoxy) is 3. The molecule has 0 unspecified atom stereocenters. The third kappa shape index (κ3) is 2.54. The van der Waals surface area contributed by atoms with Gasteiger partial charge in [-0.3, -0.25) is 0 Å². The van der Waals surface area contributed by atoms with Crippen molar-refractivity contribution in [3.63, 3.8) is 0 Å². The van der Waals surface area contributed by atoms with Crippen molar-refractivity contribution in [1.82, 2.24) is 5.32 Å². The standard InChI is InChI=1S/C15H14FNO6Se/c1-21-8-3-7-10(4-9(8)22-2)24-12(11(7)16)13(18)17-15(14(19)20)5-23-6-15/h3-4H,5-6H2,1-2H3,(H,17,18)(H,19,20). The fourth-order valence-electron chi connectivity index (χ4n) is 2.37. The Kier molecular flexibility index (Phi) is 4.25. The van der Waals surface area contributed by atoms with Crippen LogP contribution in [0.5, 0.6) is 11.5 Å². The number of hydrogen-bond donors (Lipinski definition) is 2. The Labute approximate surface area is 142 Å². The van der Waals surface area contributed by atoms with E-state index in [1.54, 1.807) is 6.07 Å². The molecule has 1 fully saturated rings. The molecule has 2 heterocycles. The summed E-state index contributed by atoms with van der Waals surface area (Å²) in [6.07, 6.45) is 0. The minimum absolute atomic E-state index is 0.0552. The van der Waals surface area contributed by atoms with Crippen LogP contribution in [0, 0.1) is 5.82 Å². The number of fused-ring (bicyclic) bond motifs is 1. The predicted octanol–water partition coefficient (Wildman–Crippen LogP) is 0.636. The van der Waals surface area contributed by atoms with E-state index in [0.717, 1.165) is 0 Å². The predicted molar refractivity (Wildman–Crippen MR) is 82.6 cm³/mol. The van der Waals surface area contributed by atoms with E-state index >= 15 is 0 Å². The van der Waals surface area contributed by atoms with Gasteiger partial charge in [-0.15, -0.1) is 0 Å². The average molecular weight is 402 g/mol. The van der Waals surface area contributed by atoms with Crippen LogP contribution in [-0.4, -0.2) is 64.5 Å². The molecule has 0 radical (unpaired) electrons. The zero-order valence-corrected chi connectivity index (χ0v) is 14.6. The molecular formula is C15H14FNO6Se. The summed E-state index contributed by atoms with van der Waals surface area (Å²) in [6.45, 7) is -0.269. The summed E-state index contributed by atoms with van der Waals surface area (Å²) in [5.41, 5.74) is -1.48. The second kappa shape index (κ2) is 6.08. The molecule has 1 aliphatic heterocycles. The number of carbonyl (C=O) groups excluding carboxylic acids is 1. The van der Waals surface area contributed by atoms with Gasteiger partial charge in [-0.2, -0.15) is 0 Å². The van der Waals surface area contributed by atoms with E-state index < -0.39 is 37.7 Å². The van der Waals surface area contributed by atoms with Gasteiger partial charge >= 0.3 is 141 Å². The van der Waals surface area contributed by atoms with Gasteiger partial charge < -0.3 is 0 Å². The van der Waals surface area contributed by atoms with Gasteiger partial charge in [0, 0.05) is 0 Å². The summed E-state index contributed by atoms with van der Waals surface area (Å²) in [5.74, 6) is -1.79. The van der Waals surface area contributed by atoms with Gasteiger partial charge in [0.2, 0.25) is 0 Å². The van der Waals surface area contributed by atoms with Crippen LogP contribution in [0.1, 0.15) is 9.23 Å². The molecule has 2 N–H and O–H groups in total. The van der Waals surface area contributed by atoms with Gasteiger partial charge in [-0.25, -0.2) is 0 Å². The molecule has 7 nitrogen and oxygen atoms in total. The molecule has 0 saturated carbocycles. The van der Waals surface area contributed by atoms with Gasteiger partial charge in [0.1, 0.15) is 0 Å². The number of hydrogen-bond acceptors (Lipinski definition) is 5. The maximum absolute atomic E-state index is 14.6. The molecule has 24 heavy (non-hydrogen) atoms. The average Bonchev–Trinajstić information content (AvgIpc) is 2.85. The Balaban J connectivity index is 1.99. The van der Waals surface area contributed by atoms with Crippen LogP contribution in [-0.2, 0) is 9.53 Å². The van der Waals surface area contributed by atoms with Gasteiger partial charge in [0.15, 0.2) is 0 Å². The van der Waals surface area contributed by atoms with E-state index in [4.69, 9.17) is 14.2 Å². The number of aliphatic carboxylic acids is 1. The topological polar surface area (TPSA) is 94.1 Å². The molecule has 0 atom stereocenters. The van der Waals surface area contributed by atoms with Gasteiger partial charge in [-0.05, 0) is 0 Å². The van der Waals surface area contributed by atoms with E-state index in [1.165, 1.54) is 20.3 Å². The number of rotatable bonds is 5. The Bertz CT molecular complexity index is 829. The molecule has 1 aromatic carbocycles. The number of carbonyl (C=O) groups is 2. The molecule has 1 amide bonds. The van der Waals surface area contributed by atoms with E-state index in [-0.39, 0.29) is 23.0 Å². The van der Waals surface area contributed by atoms with Crippen molar-refractivity contribution < 1.29 is 33.3 Å². The number of carboxylic acids is 1. The molecule has 0 aliphatic carbocycles. The fourth-order valence-corrected chi connectivity index (χ4v) is 4.44. The first-order valence-electron chi connectivity index (χ1n) is 6.89. The molecule has 3 rings (SSSR count). The van der Waals surface area contributed by atoms with Crippen molar-refractivity contribution in [2.45, 2.75) is 5.54 Å². The summed E-state index contributed by atoms with van der Waals surface area (Å²) in [6, 6.07) is 3.11. The third-order valence-corrected chi connectivity index (χ3v) is 6.16. The Hall–Kier alpha value is -2.09. The Morgan fingerprint density at radius 3 is 2.42 bits per heavy atom. The summed E-state index contributed by atoms with van der Waals surface area (Å²) in [5, 5.41) is 11.9. The summed E-state index contributed by atoms with van der Waals surface area (Å²) in [7, 11) is 2.91. The van der Waals surface area contributed by atoms with Crippen LogP contribution in [0.15, 0.2) is 12.1 Å². The number of nitrogens with one attached hydrogen (secondary N) is 1. The molecule has 0 bridgehead atoms. The van der Waals surface area contributed by atoms with E-state index in [9.17, 15) is 19.1 Å². The van der Waals surface area contributed by atoms with Gasteiger partial charge in [0.25, 0.3) is 0 Å². The van der Waals surface area contributed by atoms with Crippen LogP contribution < -0.4 is 14.8 Å². The number of carboxylic acid groups (broad SMARTS) is 1. The molecule has 1 saturated heterocycles. The van der Waals surface area contributed by atoms with Gasteiger partial charge in [-0.1, -0.05) is 0 Å². The molecule has 0 spiro atoms. The van der Waals surface area contributed by atoms with E-state index in [0.29, 0.717) is 15.8 Å². The van der Waals surface area contributed by atoms with Crippen molar-refractivity contribution in [3.8, 4) is 11.5 Å². The van der Waals surface area contributed by atoms with Crippen molar-refractivity contribution in [3.05, 3.63) is 22.4 Å². The Morgan fingerprint density at radius 2 is 1.92 bits per heavy atom. The monoisotopic (exact) mass is 403 g/mol. The first-order valence-corrected chi connectivity index (χ1v) is 8.61. The fraction of sp³-hybridized carbons (Fsp3) is 0.333. The normalized spacial score (nSPS) is 15.6. The van der Waals surface area contributed by atoms with Crippen LogP contribution in [0.2, 0.25) is 0 Å². The quantitative estimate of drug-likeness (QED) is 0.713. The SMILES string of the molecule is COc1cc2[se]c(C(=O)NC3(C(=O)O)COC3)c(F)c2cc1OC. The van der Waals surface area contributed by atoms with E-state index in [2.05, 4.69) is 5.32 Å². The van der Waals surface area contributed by atoms with Crippen molar-refractivity contribution in [2.24, 2.45) is 0 Å². The van der Waals surface area contributed by atoms with Gasteiger partial charge in [0.05, 0.1) is 0 Å². The zero-order valence-electron chi connectivity index (χ0n) is 12.8. The molecular weight excluding hydrogens is 388 g/mol. The third-order valence-electron chi connectivity index (χ3n) is 3.80. The summed E-state index contributed by atoms with van der Waals surface area (Å²) < 4.78 is 30.4. The number of halogens is 1. The van der Waals surface area contributed by atoms with Crippen molar-refractivity contribution in [1.29, 1.82) is 0 Å². The van der Waals surface area contributed by atoms with Crippen LogP contribution in [0.25, 0.3) is 9.65 Å². The first-order chi connectivity index (χ1) is 11.4. The molecule has 9 heteroatoms. The van der Waals surface area contributed by atoms with Crippen molar-refractivity contribution >= 4 is 36.0 Å². The van der Waals surface area contributed by atoms with Crippen LogP contribution in [0.4, 0.5) is 4.39 Å². The van der Waals surface area contributed by atoms with Crippen LogP contribution in [0.3, 0.4) is 0 Å². The second-order valence-corrected chi connectivity index (χ2v) is 7.49. The molecule has 2 aromatic rings. The molecule has 1 aliphatic rings. The number of amides is 1. The minimum atomic E-state index is -1.48. The van der Waals surface area contributed by atoms with Crippen LogP contribution >= 0.6 is 0 Å². The number of methoxy groups -OCH3 is 2. The zero-order chi connectivity index (χ0) is 17.5. The van der Waals surface area contributed by atoms with Crippen molar-refractivity contribution in [2.75, 3.05) is 27.4 Å². The Morgan fingerprint density at radius 1 is 1.29 bits per heavy atom.